The Bertz CT molecular complexity index is 418. The highest BCUT2D eigenvalue weighted by atomic mass is 16.3. The van der Waals surface area contributed by atoms with Gasteiger partial charge >= 0.3 is 0 Å². The summed E-state index contributed by atoms with van der Waals surface area (Å²) in [5.74, 6) is 3.92. The molecule has 0 amide bonds. The molecule has 4 rings (SSSR count). The van der Waals surface area contributed by atoms with Crippen LogP contribution in [0.3, 0.4) is 0 Å². The first-order valence-electron chi connectivity index (χ1n) is 9.65. The minimum Gasteiger partial charge on any atom is -0.393 e. The van der Waals surface area contributed by atoms with Crippen molar-refractivity contribution in [3.05, 3.63) is 0 Å². The number of fused-ring (bicyclic) bond motifs is 5. The van der Waals surface area contributed by atoms with E-state index in [1.54, 1.807) is 0 Å². The van der Waals surface area contributed by atoms with E-state index < -0.39 is 0 Å². The van der Waals surface area contributed by atoms with Crippen LogP contribution >= 0.6 is 0 Å². The van der Waals surface area contributed by atoms with E-state index in [2.05, 4.69) is 20.8 Å². The van der Waals surface area contributed by atoms with Crippen LogP contribution in [0, 0.1) is 40.4 Å². The molecule has 21 heavy (non-hydrogen) atoms. The molecule has 0 radical (unpaired) electrons. The van der Waals surface area contributed by atoms with Gasteiger partial charge in [-0.05, 0) is 85.4 Å². The van der Waals surface area contributed by atoms with Crippen molar-refractivity contribution in [3.63, 3.8) is 0 Å². The van der Waals surface area contributed by atoms with E-state index >= 15 is 0 Å². The molecule has 0 aromatic carbocycles. The lowest BCUT2D eigenvalue weighted by atomic mass is 9.44. The lowest BCUT2D eigenvalue weighted by Gasteiger charge is -2.61. The Morgan fingerprint density at radius 2 is 1.62 bits per heavy atom. The second kappa shape index (κ2) is 4.73. The second-order valence-electron chi connectivity index (χ2n) is 9.56. The van der Waals surface area contributed by atoms with Crippen molar-refractivity contribution < 1.29 is 5.11 Å². The van der Waals surface area contributed by atoms with Crippen LogP contribution in [0.1, 0.15) is 78.6 Å². The van der Waals surface area contributed by atoms with Crippen LogP contribution in [0.5, 0.6) is 0 Å². The van der Waals surface area contributed by atoms with E-state index in [1.165, 1.54) is 51.4 Å². The molecular weight excluding hydrogens is 256 g/mol. The standard InChI is InChI=1S/C20H34O/c1-13-7-8-15-18-16(9-11-19(13,15)2)20(3)10-5-4-6-14(20)12-17(18)21/h13-18,21H,4-12H2,1-3H3/t13-,14?,15?,16?,17?,18?,19+,20-/m0/s1. The topological polar surface area (TPSA) is 20.2 Å². The molecular formula is C20H34O. The van der Waals surface area contributed by atoms with Crippen molar-refractivity contribution in [2.75, 3.05) is 0 Å². The Hall–Kier alpha value is -0.0400. The Kier molecular flexibility index (Phi) is 3.27. The highest BCUT2D eigenvalue weighted by molar-refractivity contribution is 5.10. The van der Waals surface area contributed by atoms with Crippen molar-refractivity contribution in [1.29, 1.82) is 0 Å². The van der Waals surface area contributed by atoms with E-state index in [4.69, 9.17) is 0 Å². The molecule has 4 saturated carbocycles. The van der Waals surface area contributed by atoms with Crippen LogP contribution in [0.4, 0.5) is 0 Å². The van der Waals surface area contributed by atoms with Gasteiger partial charge in [-0.3, -0.25) is 0 Å². The first-order chi connectivity index (χ1) is 9.97. The molecule has 0 spiro atoms. The highest BCUT2D eigenvalue weighted by Gasteiger charge is 2.61. The summed E-state index contributed by atoms with van der Waals surface area (Å²) in [6.07, 6.45) is 12.4. The Morgan fingerprint density at radius 3 is 2.43 bits per heavy atom. The van der Waals surface area contributed by atoms with Gasteiger partial charge in [0.1, 0.15) is 0 Å². The molecule has 4 fully saturated rings. The highest BCUT2D eigenvalue weighted by Crippen LogP contribution is 2.67. The Morgan fingerprint density at radius 1 is 0.857 bits per heavy atom. The minimum atomic E-state index is 0.00102. The van der Waals surface area contributed by atoms with E-state index in [-0.39, 0.29) is 6.10 Å². The molecule has 5 unspecified atom stereocenters. The van der Waals surface area contributed by atoms with Crippen molar-refractivity contribution in [3.8, 4) is 0 Å². The fraction of sp³-hybridized carbons (Fsp3) is 1.00. The largest absolute Gasteiger partial charge is 0.393 e. The third-order valence-corrected chi connectivity index (χ3v) is 9.07. The second-order valence-corrected chi connectivity index (χ2v) is 9.56. The lowest BCUT2D eigenvalue weighted by molar-refractivity contribution is -0.161. The molecule has 1 nitrogen and oxygen atoms in total. The molecule has 1 N–H and O–H groups in total. The molecule has 0 bridgehead atoms. The maximum atomic E-state index is 11.0. The summed E-state index contributed by atoms with van der Waals surface area (Å²) in [6, 6.07) is 0. The summed E-state index contributed by atoms with van der Waals surface area (Å²) in [7, 11) is 0. The van der Waals surface area contributed by atoms with Crippen LogP contribution in [0.15, 0.2) is 0 Å². The van der Waals surface area contributed by atoms with Gasteiger partial charge in [0.15, 0.2) is 0 Å². The molecule has 1 heteroatoms. The van der Waals surface area contributed by atoms with Crippen molar-refractivity contribution in [1.82, 2.24) is 0 Å². The van der Waals surface area contributed by atoms with Gasteiger partial charge in [0, 0.05) is 0 Å². The first-order valence-corrected chi connectivity index (χ1v) is 9.65. The van der Waals surface area contributed by atoms with E-state index in [1.807, 2.05) is 0 Å². The number of aliphatic hydroxyl groups excluding tert-OH is 1. The summed E-state index contributed by atoms with van der Waals surface area (Å²) in [4.78, 5) is 0. The minimum absolute atomic E-state index is 0.00102. The van der Waals surface area contributed by atoms with Crippen LogP contribution in [0.25, 0.3) is 0 Å². The number of hydrogen-bond donors (Lipinski definition) is 1. The lowest BCUT2D eigenvalue weighted by Crippen LogP contribution is -2.57. The molecule has 0 heterocycles. The van der Waals surface area contributed by atoms with Gasteiger partial charge in [0.05, 0.1) is 6.10 Å². The zero-order valence-electron chi connectivity index (χ0n) is 14.3. The zero-order valence-corrected chi connectivity index (χ0v) is 14.3. The van der Waals surface area contributed by atoms with E-state index in [0.717, 1.165) is 30.1 Å². The van der Waals surface area contributed by atoms with Gasteiger partial charge in [-0.15, -0.1) is 0 Å². The van der Waals surface area contributed by atoms with Gasteiger partial charge in [-0.25, -0.2) is 0 Å². The average Bonchev–Trinajstić information content (AvgIpc) is 2.76. The smallest absolute Gasteiger partial charge is 0.0577 e. The molecule has 0 saturated heterocycles. The van der Waals surface area contributed by atoms with Crippen LogP contribution in [-0.2, 0) is 0 Å². The molecule has 0 aromatic rings. The average molecular weight is 290 g/mol. The van der Waals surface area contributed by atoms with E-state index in [0.29, 0.717) is 16.7 Å². The molecule has 4 aliphatic carbocycles. The van der Waals surface area contributed by atoms with Crippen LogP contribution < -0.4 is 0 Å². The van der Waals surface area contributed by atoms with Crippen molar-refractivity contribution >= 4 is 0 Å². The summed E-state index contributed by atoms with van der Waals surface area (Å²) in [5.41, 5.74) is 1.08. The Balaban J connectivity index is 1.69. The summed E-state index contributed by atoms with van der Waals surface area (Å²) < 4.78 is 0. The number of hydrogen-bond acceptors (Lipinski definition) is 1. The third kappa shape index (κ3) is 1.85. The van der Waals surface area contributed by atoms with E-state index in [9.17, 15) is 5.11 Å². The third-order valence-electron chi connectivity index (χ3n) is 9.07. The molecule has 4 aliphatic rings. The SMILES string of the molecule is C[C@H]1CCC2C3C(O)CC4CCCC[C@]4(C)C3CC[C@@]21C. The molecule has 0 aromatic heterocycles. The number of aliphatic hydroxyl groups is 1. The monoisotopic (exact) mass is 290 g/mol. The zero-order chi connectivity index (χ0) is 14.8. The van der Waals surface area contributed by atoms with Gasteiger partial charge in [-0.1, -0.05) is 33.6 Å². The van der Waals surface area contributed by atoms with Gasteiger partial charge in [-0.2, -0.15) is 0 Å². The predicted octanol–water partition coefficient (Wildman–Crippen LogP) is 5.03. The maximum Gasteiger partial charge on any atom is 0.0577 e. The quantitative estimate of drug-likeness (QED) is 0.663. The predicted molar refractivity (Wildman–Crippen MR) is 86.9 cm³/mol. The Labute approximate surface area is 130 Å². The van der Waals surface area contributed by atoms with Gasteiger partial charge in [0.2, 0.25) is 0 Å². The fourth-order valence-corrected chi connectivity index (χ4v) is 7.52. The summed E-state index contributed by atoms with van der Waals surface area (Å²) >= 11 is 0. The summed E-state index contributed by atoms with van der Waals surface area (Å²) in [6.45, 7) is 7.62. The fourth-order valence-electron chi connectivity index (χ4n) is 7.52. The first kappa shape index (κ1) is 14.5. The van der Waals surface area contributed by atoms with Crippen LogP contribution in [-0.4, -0.2) is 11.2 Å². The van der Waals surface area contributed by atoms with Crippen molar-refractivity contribution in [2.24, 2.45) is 40.4 Å². The van der Waals surface area contributed by atoms with Crippen LogP contribution in [0.2, 0.25) is 0 Å². The molecule has 120 valence electrons. The van der Waals surface area contributed by atoms with Gasteiger partial charge < -0.3 is 5.11 Å². The number of rotatable bonds is 0. The maximum absolute atomic E-state index is 11.0. The molecule has 0 aliphatic heterocycles. The molecule has 8 atom stereocenters. The normalized spacial score (nSPS) is 60.0. The summed E-state index contributed by atoms with van der Waals surface area (Å²) in [5, 5.41) is 11.0. The van der Waals surface area contributed by atoms with Gasteiger partial charge in [0.25, 0.3) is 0 Å². The van der Waals surface area contributed by atoms with Crippen molar-refractivity contribution in [2.45, 2.75) is 84.7 Å².